The zero-order valence-electron chi connectivity index (χ0n) is 11.2. The first-order chi connectivity index (χ1) is 10.2. The molecule has 0 aliphatic rings. The molecule has 0 saturated heterocycles. The van der Waals surface area contributed by atoms with Crippen LogP contribution in [0.2, 0.25) is 0 Å². The fourth-order valence-electron chi connectivity index (χ4n) is 1.77. The van der Waals surface area contributed by atoms with Gasteiger partial charge in [0.2, 0.25) is 11.6 Å². The molecule has 21 heavy (non-hydrogen) atoms. The van der Waals surface area contributed by atoms with Crippen LogP contribution in [-0.2, 0) is 6.54 Å². The molecule has 0 saturated carbocycles. The summed E-state index contributed by atoms with van der Waals surface area (Å²) in [6.07, 6.45) is 0. The van der Waals surface area contributed by atoms with Gasteiger partial charge in [0, 0.05) is 24.2 Å². The van der Waals surface area contributed by atoms with E-state index in [4.69, 9.17) is 10.00 Å². The maximum absolute atomic E-state index is 10.8. The SMILES string of the molecule is CNCc1ccccc1Oc1ccc([N+](=O)[O-])c(C#N)n1. The number of ether oxygens (including phenoxy) is 1. The molecule has 1 heterocycles. The van der Waals surface area contributed by atoms with Gasteiger partial charge in [0.25, 0.3) is 0 Å². The van der Waals surface area contributed by atoms with Crippen molar-refractivity contribution in [1.82, 2.24) is 10.3 Å². The fourth-order valence-corrected chi connectivity index (χ4v) is 1.77. The summed E-state index contributed by atoms with van der Waals surface area (Å²) in [5.74, 6) is 0.720. The van der Waals surface area contributed by atoms with Crippen LogP contribution in [0.5, 0.6) is 11.6 Å². The summed E-state index contributed by atoms with van der Waals surface area (Å²) < 4.78 is 5.61. The van der Waals surface area contributed by atoms with E-state index < -0.39 is 4.92 Å². The highest BCUT2D eigenvalue weighted by molar-refractivity contribution is 5.46. The number of benzene rings is 1. The molecule has 7 heteroatoms. The molecule has 1 N–H and O–H groups in total. The Balaban J connectivity index is 2.33. The van der Waals surface area contributed by atoms with Gasteiger partial charge in [-0.1, -0.05) is 18.2 Å². The predicted molar refractivity (Wildman–Crippen MR) is 74.9 cm³/mol. The molecule has 0 bridgehead atoms. The summed E-state index contributed by atoms with van der Waals surface area (Å²) in [5.41, 5.74) is 0.301. The Morgan fingerprint density at radius 2 is 2.14 bits per heavy atom. The quantitative estimate of drug-likeness (QED) is 0.668. The average molecular weight is 284 g/mol. The van der Waals surface area contributed by atoms with Crippen LogP contribution in [0.4, 0.5) is 5.69 Å². The number of nitro groups is 1. The average Bonchev–Trinajstić information content (AvgIpc) is 2.49. The number of aromatic nitrogens is 1. The summed E-state index contributed by atoms with van der Waals surface area (Å²) in [4.78, 5) is 14.0. The molecular weight excluding hydrogens is 272 g/mol. The summed E-state index contributed by atoms with van der Waals surface area (Å²) >= 11 is 0. The molecule has 0 radical (unpaired) electrons. The third kappa shape index (κ3) is 3.32. The van der Waals surface area contributed by atoms with E-state index in [0.29, 0.717) is 12.3 Å². The maximum Gasteiger partial charge on any atom is 0.305 e. The molecule has 0 fully saturated rings. The van der Waals surface area contributed by atoms with Crippen molar-refractivity contribution in [2.75, 3.05) is 7.05 Å². The molecule has 0 spiro atoms. The minimum absolute atomic E-state index is 0.140. The Labute approximate surface area is 121 Å². The Kier molecular flexibility index (Phi) is 4.43. The van der Waals surface area contributed by atoms with Gasteiger partial charge in [-0.2, -0.15) is 10.2 Å². The number of nitriles is 1. The van der Waals surface area contributed by atoms with Crippen LogP contribution in [0.15, 0.2) is 36.4 Å². The molecule has 106 valence electrons. The van der Waals surface area contributed by atoms with Crippen LogP contribution in [-0.4, -0.2) is 17.0 Å². The normalized spacial score (nSPS) is 9.90. The Morgan fingerprint density at radius 1 is 1.38 bits per heavy atom. The van der Waals surface area contributed by atoms with E-state index in [1.165, 1.54) is 12.1 Å². The van der Waals surface area contributed by atoms with Crippen LogP contribution < -0.4 is 10.1 Å². The lowest BCUT2D eigenvalue weighted by Gasteiger charge is -2.10. The second-order valence-corrected chi connectivity index (χ2v) is 4.13. The van der Waals surface area contributed by atoms with Crippen LogP contribution in [0, 0.1) is 21.4 Å². The lowest BCUT2D eigenvalue weighted by molar-refractivity contribution is -0.385. The Hall–Kier alpha value is -2.98. The van der Waals surface area contributed by atoms with Crippen LogP contribution in [0.1, 0.15) is 11.3 Å². The second kappa shape index (κ2) is 6.45. The molecule has 0 unspecified atom stereocenters. The van der Waals surface area contributed by atoms with Gasteiger partial charge in [-0.15, -0.1) is 0 Å². The van der Waals surface area contributed by atoms with Crippen molar-refractivity contribution in [2.24, 2.45) is 0 Å². The number of nitrogens with zero attached hydrogens (tertiary/aromatic N) is 3. The van der Waals surface area contributed by atoms with Gasteiger partial charge in [-0.25, -0.2) is 0 Å². The Morgan fingerprint density at radius 3 is 2.81 bits per heavy atom. The number of pyridine rings is 1. The van der Waals surface area contributed by atoms with Crippen LogP contribution >= 0.6 is 0 Å². The van der Waals surface area contributed by atoms with Gasteiger partial charge in [-0.05, 0) is 13.1 Å². The van der Waals surface area contributed by atoms with Crippen molar-refractivity contribution in [3.8, 4) is 17.7 Å². The molecule has 7 nitrogen and oxygen atoms in total. The maximum atomic E-state index is 10.8. The molecule has 0 amide bonds. The molecule has 2 rings (SSSR count). The van der Waals surface area contributed by atoms with Crippen molar-refractivity contribution in [3.63, 3.8) is 0 Å². The van der Waals surface area contributed by atoms with Crippen molar-refractivity contribution < 1.29 is 9.66 Å². The second-order valence-electron chi connectivity index (χ2n) is 4.13. The summed E-state index contributed by atoms with van der Waals surface area (Å²) in [6.45, 7) is 0.605. The van der Waals surface area contributed by atoms with Crippen molar-refractivity contribution >= 4 is 5.69 Å². The van der Waals surface area contributed by atoms with Gasteiger partial charge >= 0.3 is 5.69 Å². The van der Waals surface area contributed by atoms with Gasteiger partial charge < -0.3 is 10.1 Å². The van der Waals surface area contributed by atoms with Gasteiger partial charge in [0.15, 0.2) is 0 Å². The summed E-state index contributed by atoms with van der Waals surface area (Å²) in [7, 11) is 1.81. The molecule has 1 aromatic carbocycles. The third-order valence-electron chi connectivity index (χ3n) is 2.71. The van der Waals surface area contributed by atoms with E-state index in [1.807, 2.05) is 25.2 Å². The highest BCUT2D eigenvalue weighted by Gasteiger charge is 2.16. The number of hydrogen-bond acceptors (Lipinski definition) is 6. The third-order valence-corrected chi connectivity index (χ3v) is 2.71. The largest absolute Gasteiger partial charge is 0.439 e. The molecule has 0 aliphatic carbocycles. The minimum Gasteiger partial charge on any atom is -0.439 e. The zero-order chi connectivity index (χ0) is 15.2. The number of rotatable bonds is 5. The van der Waals surface area contributed by atoms with E-state index in [-0.39, 0.29) is 17.3 Å². The van der Waals surface area contributed by atoms with E-state index in [2.05, 4.69) is 10.3 Å². The molecule has 2 aromatic rings. The lowest BCUT2D eigenvalue weighted by Crippen LogP contribution is -2.06. The lowest BCUT2D eigenvalue weighted by atomic mass is 10.2. The first-order valence-electron chi connectivity index (χ1n) is 6.11. The van der Waals surface area contributed by atoms with E-state index in [1.54, 1.807) is 12.1 Å². The van der Waals surface area contributed by atoms with Crippen LogP contribution in [0.3, 0.4) is 0 Å². The summed E-state index contributed by atoms with van der Waals surface area (Å²) in [5, 5.41) is 22.7. The fraction of sp³-hybridized carbons (Fsp3) is 0.143. The Bertz CT molecular complexity index is 710. The van der Waals surface area contributed by atoms with Gasteiger partial charge in [0.1, 0.15) is 11.8 Å². The van der Waals surface area contributed by atoms with Gasteiger partial charge in [-0.3, -0.25) is 10.1 Å². The number of nitrogens with one attached hydrogen (secondary N) is 1. The first kappa shape index (κ1) is 14.4. The van der Waals surface area contributed by atoms with Crippen molar-refractivity contribution in [1.29, 1.82) is 5.26 Å². The van der Waals surface area contributed by atoms with Crippen molar-refractivity contribution in [3.05, 3.63) is 57.8 Å². The van der Waals surface area contributed by atoms with E-state index >= 15 is 0 Å². The minimum atomic E-state index is -0.649. The van der Waals surface area contributed by atoms with Crippen molar-refractivity contribution in [2.45, 2.75) is 6.54 Å². The van der Waals surface area contributed by atoms with E-state index in [9.17, 15) is 10.1 Å². The smallest absolute Gasteiger partial charge is 0.305 e. The number of hydrogen-bond donors (Lipinski definition) is 1. The molecule has 0 atom stereocenters. The highest BCUT2D eigenvalue weighted by atomic mass is 16.6. The highest BCUT2D eigenvalue weighted by Crippen LogP contribution is 2.26. The van der Waals surface area contributed by atoms with Gasteiger partial charge in [0.05, 0.1) is 4.92 Å². The van der Waals surface area contributed by atoms with E-state index in [0.717, 1.165) is 5.56 Å². The predicted octanol–water partition coefficient (Wildman–Crippen LogP) is 2.37. The topological polar surface area (TPSA) is 101 Å². The summed E-state index contributed by atoms with van der Waals surface area (Å²) in [6, 6.07) is 11.6. The molecule has 1 aromatic heterocycles. The van der Waals surface area contributed by atoms with Crippen LogP contribution in [0.25, 0.3) is 0 Å². The standard InChI is InChI=1S/C14H12N4O3/c1-16-9-10-4-2-3-5-13(10)21-14-7-6-12(18(19)20)11(8-15)17-14/h2-7,16H,9H2,1H3. The molecular formula is C14H12N4O3. The number of para-hydroxylation sites is 1. The molecule has 0 aliphatic heterocycles. The first-order valence-corrected chi connectivity index (χ1v) is 6.11. The zero-order valence-corrected chi connectivity index (χ0v) is 11.2. The monoisotopic (exact) mass is 284 g/mol.